The summed E-state index contributed by atoms with van der Waals surface area (Å²) in [7, 11) is 0. The summed E-state index contributed by atoms with van der Waals surface area (Å²) in [5, 5.41) is 25.4. The average molecular weight is 890 g/mol. The van der Waals surface area contributed by atoms with Crippen LogP contribution in [-0.2, 0) is 0 Å². The lowest BCUT2D eigenvalue weighted by molar-refractivity contribution is 1.58. The maximum absolute atomic E-state index is 4.09. The Balaban J connectivity index is 1.21. The van der Waals surface area contributed by atoms with Crippen LogP contribution < -0.4 is 0 Å². The Morgan fingerprint density at radius 3 is 0.970 bits per heavy atom. The highest BCUT2D eigenvalue weighted by Gasteiger charge is 2.24. The highest BCUT2D eigenvalue weighted by molar-refractivity contribution is 7.28. The van der Waals surface area contributed by atoms with Gasteiger partial charge in [-0.15, -0.1) is 34.0 Å². The van der Waals surface area contributed by atoms with Crippen LogP contribution in [0.25, 0.3) is 169 Å². The van der Waals surface area contributed by atoms with Crippen LogP contribution in [0.2, 0.25) is 0 Å². The lowest BCUT2D eigenvalue weighted by Crippen LogP contribution is -1.79. The van der Waals surface area contributed by atoms with Gasteiger partial charge < -0.3 is 15.0 Å². The van der Waals surface area contributed by atoms with Gasteiger partial charge in [0.25, 0.3) is 0 Å². The number of aromatic nitrogens is 3. The second-order valence-electron chi connectivity index (χ2n) is 18.1. The predicted octanol–water partition coefficient (Wildman–Crippen LogP) is 18.9. The topological polar surface area (TPSA) is 47.4 Å². The van der Waals surface area contributed by atoms with Crippen molar-refractivity contribution < 1.29 is 0 Å². The van der Waals surface area contributed by atoms with E-state index < -0.39 is 0 Å². The fourth-order valence-electron chi connectivity index (χ4n) is 12.1. The molecule has 0 atom stereocenters. The number of H-pyrrole nitrogens is 3. The molecule has 3 N–H and O–H groups in total. The molecule has 0 amide bonds. The fourth-order valence-corrected chi connectivity index (χ4v) is 16.0. The molecule has 0 saturated heterocycles. The van der Waals surface area contributed by atoms with Crippen LogP contribution in [0.1, 0.15) is 0 Å². The lowest BCUT2D eigenvalue weighted by Gasteiger charge is -2.05. The number of hydrogen-bond acceptors (Lipinski definition) is 3. The molecule has 0 spiro atoms. The van der Waals surface area contributed by atoms with Gasteiger partial charge in [-0.25, -0.2) is 0 Å². The Labute approximate surface area is 385 Å². The minimum absolute atomic E-state index is 1.13. The molecule has 0 radical (unpaired) electrons. The van der Waals surface area contributed by atoms with Gasteiger partial charge in [0.05, 0.1) is 22.1 Å². The van der Waals surface area contributed by atoms with Crippen molar-refractivity contribution in [1.29, 1.82) is 0 Å². The Morgan fingerprint density at radius 2 is 0.561 bits per heavy atom. The van der Waals surface area contributed by atoms with Crippen LogP contribution in [0.3, 0.4) is 0 Å². The molecule has 8 bridgehead atoms. The summed E-state index contributed by atoms with van der Waals surface area (Å²) >= 11 is 5.80. The molecular weight excluding hydrogens is 859 g/mol. The largest absolute Gasteiger partial charge is 0.354 e. The van der Waals surface area contributed by atoms with E-state index in [1.165, 1.54) is 158 Å². The van der Waals surface area contributed by atoms with Crippen molar-refractivity contribution in [1.82, 2.24) is 15.0 Å². The molecular formula is C60H31N3S3. The van der Waals surface area contributed by atoms with Crippen molar-refractivity contribution in [3.8, 4) is 0 Å². The van der Waals surface area contributed by atoms with E-state index in [0.717, 1.165) is 11.0 Å². The van der Waals surface area contributed by atoms with Gasteiger partial charge in [-0.2, -0.15) is 0 Å². The number of nitrogens with one attached hydrogen (secondary N) is 3. The lowest BCUT2D eigenvalue weighted by atomic mass is 9.97. The molecule has 17 aromatic rings. The van der Waals surface area contributed by atoms with E-state index in [-0.39, 0.29) is 0 Å². The van der Waals surface area contributed by atoms with Gasteiger partial charge in [-0.1, -0.05) is 146 Å². The van der Waals surface area contributed by atoms with Crippen LogP contribution in [0.5, 0.6) is 0 Å². The number of aromatic amines is 3. The molecule has 0 aliphatic heterocycles. The third kappa shape index (κ3) is 4.20. The Morgan fingerprint density at radius 1 is 0.227 bits per heavy atom. The van der Waals surface area contributed by atoms with Gasteiger partial charge in [-0.05, 0) is 24.3 Å². The minimum atomic E-state index is 1.13. The molecule has 0 unspecified atom stereocenters. The van der Waals surface area contributed by atoms with Gasteiger partial charge in [-0.3, -0.25) is 0 Å². The van der Waals surface area contributed by atoms with Gasteiger partial charge in [0.15, 0.2) is 0 Å². The molecule has 66 heavy (non-hydrogen) atoms. The minimum Gasteiger partial charge on any atom is -0.354 e. The standard InChI is InChI=1S/C60H31N3S3/c1-3-15-31-29(13-1)45-25-41-51-52-42-26-46(62-54(42)34-18-6-12-24-40(34)60(52)66-59(51)39-23-11-5-17-33(39)53(41)61-45)30-14-2-4-16-32(30)48-28-44-50-49-43-27-47(31)64-57(43)37-21-9-7-19-35(37)55(49)63-56(50)36-20-8-10-22-38(36)58(44)65-48/h1-28,61-63H. The van der Waals surface area contributed by atoms with Gasteiger partial charge in [0, 0.05) is 147 Å². The highest BCUT2D eigenvalue weighted by atomic mass is 32.1. The van der Waals surface area contributed by atoms with E-state index in [1.54, 1.807) is 0 Å². The van der Waals surface area contributed by atoms with E-state index in [9.17, 15) is 0 Å². The molecule has 6 heteroatoms. The van der Waals surface area contributed by atoms with E-state index in [1.807, 2.05) is 34.0 Å². The van der Waals surface area contributed by atoms with E-state index in [4.69, 9.17) is 0 Å². The van der Waals surface area contributed by atoms with Crippen molar-refractivity contribution in [3.05, 3.63) is 170 Å². The summed E-state index contributed by atoms with van der Waals surface area (Å²) in [6.45, 7) is 0. The van der Waals surface area contributed by atoms with Crippen molar-refractivity contribution in [2.75, 3.05) is 0 Å². The van der Waals surface area contributed by atoms with E-state index in [2.05, 4.69) is 185 Å². The zero-order valence-electron chi connectivity index (χ0n) is 34.9. The number of rotatable bonds is 0. The summed E-state index contributed by atoms with van der Waals surface area (Å²) in [5.74, 6) is 0. The summed E-state index contributed by atoms with van der Waals surface area (Å²) < 4.78 is 7.85. The van der Waals surface area contributed by atoms with Crippen LogP contribution >= 0.6 is 34.0 Å². The number of benzene rings is 10. The monoisotopic (exact) mass is 889 g/mol. The van der Waals surface area contributed by atoms with Crippen LogP contribution in [-0.4, -0.2) is 15.0 Å². The average Bonchev–Trinajstić information content (AvgIpc) is 4.24. The first-order chi connectivity index (χ1) is 32.7. The molecule has 17 rings (SSSR count). The molecule has 6 aromatic heterocycles. The SMILES string of the molecule is c1ccc2c3cc4c(s3)c3ccccc3c3[nH]c5c6ccccc6c6sc(cc6c5c43)c3ccccc3c3cc4c([nH]3)c3ccccc3c3sc5c6ccccc6c6[nH]c(cc6c5c43)c2c1. The number of hydrogen-bond donors (Lipinski definition) is 3. The highest BCUT2D eigenvalue weighted by Crippen LogP contribution is 2.52. The quantitative estimate of drug-likeness (QED) is 0.136. The Hall–Kier alpha value is -7.74. The first-order valence-corrected chi connectivity index (χ1v) is 24.9. The molecule has 0 fully saturated rings. The Bertz CT molecular complexity index is 4490. The summed E-state index contributed by atoms with van der Waals surface area (Å²) in [6, 6.07) is 64.0. The summed E-state index contributed by atoms with van der Waals surface area (Å²) in [4.78, 5) is 12.3. The third-order valence-corrected chi connectivity index (χ3v) is 18.5. The van der Waals surface area contributed by atoms with Crippen molar-refractivity contribution >= 4 is 203 Å². The summed E-state index contributed by atoms with van der Waals surface area (Å²) in [5.41, 5.74) is 7.03. The molecule has 0 aliphatic rings. The maximum atomic E-state index is 4.09. The van der Waals surface area contributed by atoms with Gasteiger partial charge >= 0.3 is 0 Å². The second-order valence-corrected chi connectivity index (χ2v) is 21.2. The van der Waals surface area contributed by atoms with Gasteiger partial charge in [0.1, 0.15) is 0 Å². The number of fused-ring (bicyclic) bond motifs is 22. The number of thiophene rings is 3. The molecule has 3 nitrogen and oxygen atoms in total. The van der Waals surface area contributed by atoms with Crippen LogP contribution in [0, 0.1) is 0 Å². The van der Waals surface area contributed by atoms with E-state index >= 15 is 0 Å². The van der Waals surface area contributed by atoms with Crippen molar-refractivity contribution in [3.63, 3.8) is 0 Å². The zero-order chi connectivity index (χ0) is 42.5. The molecule has 0 saturated carbocycles. The Kier molecular flexibility index (Phi) is 6.36. The fraction of sp³-hybridized carbons (Fsp3) is 0. The first kappa shape index (κ1) is 34.6. The van der Waals surface area contributed by atoms with Crippen molar-refractivity contribution in [2.24, 2.45) is 0 Å². The maximum Gasteiger partial charge on any atom is 0.0552 e. The third-order valence-electron chi connectivity index (χ3n) is 14.8. The van der Waals surface area contributed by atoms with Crippen LogP contribution in [0.4, 0.5) is 0 Å². The molecule has 11 aromatic carbocycles. The first-order valence-electron chi connectivity index (χ1n) is 22.5. The summed E-state index contributed by atoms with van der Waals surface area (Å²) in [6.07, 6.45) is 0. The zero-order valence-corrected chi connectivity index (χ0v) is 37.3. The molecule has 304 valence electrons. The predicted molar refractivity (Wildman–Crippen MR) is 292 cm³/mol. The van der Waals surface area contributed by atoms with Crippen molar-refractivity contribution in [2.45, 2.75) is 0 Å². The molecule has 0 aliphatic carbocycles. The molecule has 6 heterocycles. The van der Waals surface area contributed by atoms with Gasteiger partial charge in [0.2, 0.25) is 0 Å². The smallest absolute Gasteiger partial charge is 0.0552 e. The second kappa shape index (κ2) is 12.1. The normalized spacial score (nSPS) is 12.8. The van der Waals surface area contributed by atoms with E-state index in [0.29, 0.717) is 0 Å². The van der Waals surface area contributed by atoms with Crippen LogP contribution in [0.15, 0.2) is 170 Å².